The van der Waals surface area contributed by atoms with E-state index in [9.17, 15) is 0 Å². The van der Waals surface area contributed by atoms with Gasteiger partial charge < -0.3 is 14.8 Å². The minimum absolute atomic E-state index is 0.368. The van der Waals surface area contributed by atoms with E-state index in [1.165, 1.54) is 6.20 Å². The van der Waals surface area contributed by atoms with Gasteiger partial charge in [-0.1, -0.05) is 17.7 Å². The first-order valence-corrected chi connectivity index (χ1v) is 6.29. The summed E-state index contributed by atoms with van der Waals surface area (Å²) in [5, 5.41) is 3.52. The van der Waals surface area contributed by atoms with Crippen LogP contribution in [0.5, 0.6) is 11.5 Å². The first kappa shape index (κ1) is 12.0. The normalized spacial score (nSPS) is 13.1. The smallest absolute Gasteiger partial charge is 0.161 e. The lowest BCUT2D eigenvalue weighted by Gasteiger charge is -2.19. The molecule has 0 radical (unpaired) electrons. The molecule has 0 saturated carbocycles. The Morgan fingerprint density at radius 2 is 2.00 bits per heavy atom. The fourth-order valence-corrected chi connectivity index (χ4v) is 1.97. The molecule has 0 amide bonds. The van der Waals surface area contributed by atoms with Crippen molar-refractivity contribution in [2.75, 3.05) is 18.5 Å². The van der Waals surface area contributed by atoms with Gasteiger partial charge in [0.25, 0.3) is 0 Å². The van der Waals surface area contributed by atoms with Crippen molar-refractivity contribution in [2.45, 2.75) is 6.54 Å². The molecule has 0 atom stereocenters. The van der Waals surface area contributed by atoms with Gasteiger partial charge in [-0.15, -0.1) is 0 Å². The molecule has 2 aromatic rings. The summed E-state index contributed by atoms with van der Waals surface area (Å²) in [6.45, 7) is 1.80. The number of nitrogens with one attached hydrogen (secondary N) is 1. The number of rotatable bonds is 3. The largest absolute Gasteiger partial charge is 0.486 e. The highest BCUT2D eigenvalue weighted by Crippen LogP contribution is 2.30. The van der Waals surface area contributed by atoms with E-state index in [2.05, 4.69) is 15.3 Å². The molecule has 3 rings (SSSR count). The number of nitrogens with zero attached hydrogens (tertiary/aromatic N) is 2. The molecule has 0 saturated heterocycles. The van der Waals surface area contributed by atoms with E-state index in [0.717, 1.165) is 17.1 Å². The maximum absolute atomic E-state index is 5.77. The molecule has 0 aliphatic carbocycles. The molecular weight excluding hydrogens is 266 g/mol. The van der Waals surface area contributed by atoms with Crippen molar-refractivity contribution in [3.63, 3.8) is 0 Å². The number of benzene rings is 1. The molecule has 1 aromatic carbocycles. The quantitative estimate of drug-likeness (QED) is 0.934. The summed E-state index contributed by atoms with van der Waals surface area (Å²) < 4.78 is 11.0. The van der Waals surface area contributed by atoms with E-state index < -0.39 is 0 Å². The van der Waals surface area contributed by atoms with Gasteiger partial charge in [-0.3, -0.25) is 4.98 Å². The van der Waals surface area contributed by atoms with Crippen LogP contribution in [0, 0.1) is 0 Å². The van der Waals surface area contributed by atoms with Crippen molar-refractivity contribution >= 4 is 17.4 Å². The van der Waals surface area contributed by atoms with Gasteiger partial charge in [-0.05, 0) is 17.7 Å². The summed E-state index contributed by atoms with van der Waals surface area (Å²) >= 11 is 5.77. The van der Waals surface area contributed by atoms with Gasteiger partial charge in [0.1, 0.15) is 24.2 Å². The van der Waals surface area contributed by atoms with E-state index in [1.807, 2.05) is 18.2 Å². The number of halogens is 1. The topological polar surface area (TPSA) is 56.3 Å². The van der Waals surface area contributed by atoms with Crippen molar-refractivity contribution in [3.8, 4) is 11.5 Å². The Labute approximate surface area is 115 Å². The monoisotopic (exact) mass is 277 g/mol. The van der Waals surface area contributed by atoms with Crippen LogP contribution < -0.4 is 14.8 Å². The van der Waals surface area contributed by atoms with Gasteiger partial charge in [0, 0.05) is 6.54 Å². The van der Waals surface area contributed by atoms with Crippen LogP contribution in [0.1, 0.15) is 5.56 Å². The van der Waals surface area contributed by atoms with Crippen molar-refractivity contribution in [2.24, 2.45) is 0 Å². The minimum atomic E-state index is 0.368. The Morgan fingerprint density at radius 3 is 2.84 bits per heavy atom. The van der Waals surface area contributed by atoms with Gasteiger partial charge in [-0.2, -0.15) is 0 Å². The summed E-state index contributed by atoms with van der Waals surface area (Å²) in [5.74, 6) is 2.21. The number of hydrogen-bond donors (Lipinski definition) is 1. The molecule has 5 nitrogen and oxygen atoms in total. The maximum atomic E-state index is 5.77. The summed E-state index contributed by atoms with van der Waals surface area (Å²) in [7, 11) is 0. The van der Waals surface area contributed by atoms with E-state index in [1.54, 1.807) is 6.20 Å². The summed E-state index contributed by atoms with van der Waals surface area (Å²) in [5.41, 5.74) is 1.08. The van der Waals surface area contributed by atoms with Gasteiger partial charge in [0.15, 0.2) is 11.5 Å². The van der Waals surface area contributed by atoms with Crippen LogP contribution in [0.25, 0.3) is 0 Å². The molecule has 1 aliphatic heterocycles. The van der Waals surface area contributed by atoms with Crippen LogP contribution in [-0.4, -0.2) is 23.2 Å². The number of ether oxygens (including phenoxy) is 2. The van der Waals surface area contributed by atoms with Gasteiger partial charge in [0.05, 0.1) is 12.4 Å². The molecule has 1 aliphatic rings. The number of aromatic nitrogens is 2. The highest BCUT2D eigenvalue weighted by molar-refractivity contribution is 6.29. The van der Waals surface area contributed by atoms with Crippen molar-refractivity contribution in [3.05, 3.63) is 41.3 Å². The van der Waals surface area contributed by atoms with Crippen LogP contribution in [0.4, 0.5) is 5.82 Å². The second kappa shape index (κ2) is 5.32. The molecule has 0 unspecified atom stereocenters. The van der Waals surface area contributed by atoms with Crippen LogP contribution in [0.2, 0.25) is 5.15 Å². The second-order valence-corrected chi connectivity index (χ2v) is 4.45. The second-order valence-electron chi connectivity index (χ2n) is 4.06. The Balaban J connectivity index is 1.70. The number of anilines is 1. The molecular formula is C13H12ClN3O2. The Bertz CT molecular complexity index is 592. The standard InChI is InChI=1S/C13H12ClN3O2/c14-12-7-15-8-13(17-12)16-6-9-1-2-10-11(5-9)19-4-3-18-10/h1-2,5,7-8H,3-4,6H2,(H,16,17). The lowest BCUT2D eigenvalue weighted by atomic mass is 10.2. The average Bonchev–Trinajstić information content (AvgIpc) is 2.45. The zero-order chi connectivity index (χ0) is 13.1. The van der Waals surface area contributed by atoms with Crippen LogP contribution >= 0.6 is 11.6 Å². The highest BCUT2D eigenvalue weighted by Gasteiger charge is 2.11. The molecule has 19 heavy (non-hydrogen) atoms. The molecule has 1 aromatic heterocycles. The zero-order valence-corrected chi connectivity index (χ0v) is 10.9. The summed E-state index contributed by atoms with van der Waals surface area (Å²) in [6, 6.07) is 5.85. The number of hydrogen-bond acceptors (Lipinski definition) is 5. The molecule has 98 valence electrons. The van der Waals surface area contributed by atoms with Crippen molar-refractivity contribution in [1.29, 1.82) is 0 Å². The van der Waals surface area contributed by atoms with Crippen LogP contribution in [0.15, 0.2) is 30.6 Å². The fraction of sp³-hybridized carbons (Fsp3) is 0.231. The lowest BCUT2D eigenvalue weighted by molar-refractivity contribution is 0.171. The summed E-state index contributed by atoms with van der Waals surface area (Å²) in [4.78, 5) is 8.08. The first-order valence-electron chi connectivity index (χ1n) is 5.91. The molecule has 2 heterocycles. The third-order valence-electron chi connectivity index (χ3n) is 2.69. The highest BCUT2D eigenvalue weighted by atomic mass is 35.5. The molecule has 0 fully saturated rings. The lowest BCUT2D eigenvalue weighted by Crippen LogP contribution is -2.15. The number of fused-ring (bicyclic) bond motifs is 1. The van der Waals surface area contributed by atoms with Crippen LogP contribution in [0.3, 0.4) is 0 Å². The van der Waals surface area contributed by atoms with Crippen molar-refractivity contribution in [1.82, 2.24) is 9.97 Å². The predicted octanol–water partition coefficient (Wildman–Crippen LogP) is 2.51. The van der Waals surface area contributed by atoms with Crippen molar-refractivity contribution < 1.29 is 9.47 Å². The first-order chi connectivity index (χ1) is 9.31. The SMILES string of the molecule is Clc1cncc(NCc2ccc3c(c2)OCCO3)n1. The van der Waals surface area contributed by atoms with Gasteiger partial charge in [0.2, 0.25) is 0 Å². The van der Waals surface area contributed by atoms with E-state index in [0.29, 0.717) is 30.7 Å². The van der Waals surface area contributed by atoms with Crippen LogP contribution in [-0.2, 0) is 6.54 Å². The minimum Gasteiger partial charge on any atom is -0.486 e. The predicted molar refractivity (Wildman–Crippen MR) is 71.8 cm³/mol. The van der Waals surface area contributed by atoms with E-state index >= 15 is 0 Å². The molecule has 0 bridgehead atoms. The summed E-state index contributed by atoms with van der Waals surface area (Å²) in [6.07, 6.45) is 3.13. The van der Waals surface area contributed by atoms with E-state index in [-0.39, 0.29) is 0 Å². The fourth-order valence-electron chi connectivity index (χ4n) is 1.82. The Hall–Kier alpha value is -2.01. The average molecular weight is 278 g/mol. The Kier molecular flexibility index (Phi) is 3.37. The zero-order valence-electron chi connectivity index (χ0n) is 10.1. The third-order valence-corrected chi connectivity index (χ3v) is 2.87. The van der Waals surface area contributed by atoms with Gasteiger partial charge >= 0.3 is 0 Å². The van der Waals surface area contributed by atoms with Gasteiger partial charge in [-0.25, -0.2) is 4.98 Å². The Morgan fingerprint density at radius 1 is 1.16 bits per heavy atom. The molecule has 6 heteroatoms. The molecule has 1 N–H and O–H groups in total. The third kappa shape index (κ3) is 2.88. The maximum Gasteiger partial charge on any atom is 0.161 e. The van der Waals surface area contributed by atoms with E-state index in [4.69, 9.17) is 21.1 Å². The molecule has 0 spiro atoms.